The van der Waals surface area contributed by atoms with Crippen molar-refractivity contribution in [2.75, 3.05) is 0 Å². The smallest absolute Gasteiger partial charge is 0.329 e. The van der Waals surface area contributed by atoms with Gasteiger partial charge in [-0.15, -0.1) is 11.3 Å². The second-order valence-electron chi connectivity index (χ2n) is 6.51. The van der Waals surface area contributed by atoms with Gasteiger partial charge in [0, 0.05) is 10.4 Å². The summed E-state index contributed by atoms with van der Waals surface area (Å²) in [6.07, 6.45) is 0.941. The molecule has 6 nitrogen and oxygen atoms in total. The monoisotopic (exact) mass is 389 g/mol. The van der Waals surface area contributed by atoms with Gasteiger partial charge in [0.25, 0.3) is 5.91 Å². The fraction of sp³-hybridized carbons (Fsp3) is 0.278. The molecule has 0 aliphatic heterocycles. The first-order valence-corrected chi connectivity index (χ1v) is 9.35. The maximum atomic E-state index is 12.5. The average molecular weight is 390 g/mol. The summed E-state index contributed by atoms with van der Waals surface area (Å²) in [4.78, 5) is 25.1. The number of benzene rings is 1. The number of carbonyl (C=O) groups is 2. The van der Waals surface area contributed by atoms with E-state index in [1.165, 1.54) is 11.3 Å². The van der Waals surface area contributed by atoms with Gasteiger partial charge >= 0.3 is 5.97 Å². The van der Waals surface area contributed by atoms with Crippen LogP contribution in [0.1, 0.15) is 33.8 Å². The van der Waals surface area contributed by atoms with Gasteiger partial charge in [-0.1, -0.05) is 29.8 Å². The van der Waals surface area contributed by atoms with E-state index in [0.717, 1.165) is 21.5 Å². The number of hydrogen-bond donors (Lipinski definition) is 2. The lowest BCUT2D eigenvalue weighted by Crippen LogP contribution is -2.42. The SMILES string of the molecule is Cc1nn(Cc2ccccc2Cl)c2sc(C(=O)NC3(C(=O)O)CC3)cc12. The van der Waals surface area contributed by atoms with E-state index in [4.69, 9.17) is 11.6 Å². The lowest BCUT2D eigenvalue weighted by atomic mass is 10.2. The van der Waals surface area contributed by atoms with Crippen LogP contribution in [0.25, 0.3) is 10.2 Å². The van der Waals surface area contributed by atoms with Gasteiger partial charge in [0.05, 0.1) is 17.1 Å². The number of nitrogens with one attached hydrogen (secondary N) is 1. The van der Waals surface area contributed by atoms with Crippen molar-refractivity contribution in [1.82, 2.24) is 15.1 Å². The minimum Gasteiger partial charge on any atom is -0.480 e. The number of aromatic nitrogens is 2. The van der Waals surface area contributed by atoms with E-state index in [2.05, 4.69) is 10.4 Å². The Morgan fingerprint density at radius 2 is 2.12 bits per heavy atom. The lowest BCUT2D eigenvalue weighted by Gasteiger charge is -2.11. The Bertz CT molecular complexity index is 1040. The molecule has 8 heteroatoms. The van der Waals surface area contributed by atoms with Crippen molar-refractivity contribution >= 4 is 45.0 Å². The van der Waals surface area contributed by atoms with Crippen LogP contribution in [-0.2, 0) is 11.3 Å². The van der Waals surface area contributed by atoms with Crippen LogP contribution in [0.4, 0.5) is 0 Å². The van der Waals surface area contributed by atoms with Crippen LogP contribution in [0.15, 0.2) is 30.3 Å². The predicted octanol–water partition coefficient (Wildman–Crippen LogP) is 3.45. The number of aliphatic carboxylic acids is 1. The fourth-order valence-corrected chi connectivity index (χ4v) is 4.17. The molecule has 1 saturated carbocycles. The van der Waals surface area contributed by atoms with Gasteiger partial charge in [-0.3, -0.25) is 9.48 Å². The first-order chi connectivity index (χ1) is 12.4. The van der Waals surface area contributed by atoms with Crippen LogP contribution in [0.5, 0.6) is 0 Å². The van der Waals surface area contributed by atoms with Crippen LogP contribution in [-0.4, -0.2) is 32.3 Å². The molecule has 4 rings (SSSR count). The molecule has 0 bridgehead atoms. The average Bonchev–Trinajstić information content (AvgIpc) is 3.14. The minimum atomic E-state index is -1.09. The molecule has 26 heavy (non-hydrogen) atoms. The molecular formula is C18H16ClN3O3S. The zero-order valence-electron chi connectivity index (χ0n) is 14.0. The molecular weight excluding hydrogens is 374 g/mol. The maximum absolute atomic E-state index is 12.5. The standard InChI is InChI=1S/C18H16ClN3O3S/c1-10-12-8-14(15(23)20-18(6-7-18)17(24)25)26-16(12)22(21-10)9-11-4-2-3-5-13(11)19/h2-5,8H,6-7,9H2,1H3,(H,20,23)(H,24,25). The van der Waals surface area contributed by atoms with Crippen LogP contribution in [0, 0.1) is 6.92 Å². The lowest BCUT2D eigenvalue weighted by molar-refractivity contribution is -0.140. The Morgan fingerprint density at radius 1 is 1.38 bits per heavy atom. The molecule has 2 aromatic heterocycles. The second kappa shape index (κ2) is 6.10. The number of fused-ring (bicyclic) bond motifs is 1. The number of rotatable bonds is 5. The quantitative estimate of drug-likeness (QED) is 0.699. The summed E-state index contributed by atoms with van der Waals surface area (Å²) in [6.45, 7) is 2.39. The highest BCUT2D eigenvalue weighted by molar-refractivity contribution is 7.20. The Kier molecular flexibility index (Phi) is 4.00. The summed E-state index contributed by atoms with van der Waals surface area (Å²) in [7, 11) is 0. The molecule has 2 heterocycles. The zero-order chi connectivity index (χ0) is 18.5. The number of carbonyl (C=O) groups excluding carboxylic acids is 1. The Hall–Kier alpha value is -2.38. The Labute approximate surface area is 158 Å². The van der Waals surface area contributed by atoms with Crippen molar-refractivity contribution in [3.05, 3.63) is 51.5 Å². The summed E-state index contributed by atoms with van der Waals surface area (Å²) in [6, 6.07) is 9.34. The number of hydrogen-bond acceptors (Lipinski definition) is 4. The van der Waals surface area contributed by atoms with E-state index in [-0.39, 0.29) is 5.91 Å². The van der Waals surface area contributed by atoms with Crippen molar-refractivity contribution in [1.29, 1.82) is 0 Å². The largest absolute Gasteiger partial charge is 0.480 e. The van der Waals surface area contributed by atoms with E-state index < -0.39 is 11.5 Å². The van der Waals surface area contributed by atoms with E-state index in [9.17, 15) is 14.7 Å². The summed E-state index contributed by atoms with van der Waals surface area (Å²) >= 11 is 7.55. The Morgan fingerprint density at radius 3 is 2.77 bits per heavy atom. The second-order valence-corrected chi connectivity index (χ2v) is 7.94. The van der Waals surface area contributed by atoms with Crippen molar-refractivity contribution in [2.24, 2.45) is 0 Å². The van der Waals surface area contributed by atoms with Crippen LogP contribution >= 0.6 is 22.9 Å². The zero-order valence-corrected chi connectivity index (χ0v) is 15.5. The van der Waals surface area contributed by atoms with Gasteiger partial charge in [0.1, 0.15) is 10.4 Å². The predicted molar refractivity (Wildman–Crippen MR) is 100.0 cm³/mol. The number of carboxylic acids is 1. The third kappa shape index (κ3) is 2.87. The highest BCUT2D eigenvalue weighted by Gasteiger charge is 2.51. The number of halogens is 1. The molecule has 1 fully saturated rings. The van der Waals surface area contributed by atoms with Gasteiger partial charge in [0.15, 0.2) is 0 Å². The van der Waals surface area contributed by atoms with Gasteiger partial charge in [0.2, 0.25) is 0 Å². The molecule has 1 aliphatic rings. The minimum absolute atomic E-state index is 0.352. The van der Waals surface area contributed by atoms with Gasteiger partial charge in [-0.2, -0.15) is 5.10 Å². The molecule has 2 N–H and O–H groups in total. The molecule has 0 atom stereocenters. The molecule has 3 aromatic rings. The van der Waals surface area contributed by atoms with Gasteiger partial charge in [-0.05, 0) is 37.5 Å². The van der Waals surface area contributed by atoms with Crippen molar-refractivity contribution < 1.29 is 14.7 Å². The highest BCUT2D eigenvalue weighted by Crippen LogP contribution is 2.37. The number of aryl methyl sites for hydroxylation is 1. The van der Waals surface area contributed by atoms with Crippen LogP contribution in [0.3, 0.4) is 0 Å². The first-order valence-electron chi connectivity index (χ1n) is 8.16. The van der Waals surface area contributed by atoms with Gasteiger partial charge in [-0.25, -0.2) is 4.79 Å². The van der Waals surface area contributed by atoms with Crippen molar-refractivity contribution in [3.8, 4) is 0 Å². The van der Waals surface area contributed by atoms with E-state index in [1.54, 1.807) is 6.07 Å². The van der Waals surface area contributed by atoms with Gasteiger partial charge < -0.3 is 10.4 Å². The Balaban J connectivity index is 1.64. The highest BCUT2D eigenvalue weighted by atomic mass is 35.5. The third-order valence-corrected chi connectivity index (χ3v) is 6.14. The van der Waals surface area contributed by atoms with E-state index >= 15 is 0 Å². The van der Waals surface area contributed by atoms with Crippen molar-refractivity contribution in [3.63, 3.8) is 0 Å². The molecule has 0 unspecified atom stereocenters. The van der Waals surface area contributed by atoms with Crippen LogP contribution < -0.4 is 5.32 Å². The molecule has 1 amide bonds. The molecule has 0 radical (unpaired) electrons. The molecule has 1 aromatic carbocycles. The topological polar surface area (TPSA) is 84.2 Å². The number of nitrogens with zero attached hydrogens (tertiary/aromatic N) is 2. The summed E-state index contributed by atoms with van der Waals surface area (Å²) in [5.74, 6) is -1.33. The summed E-state index contributed by atoms with van der Waals surface area (Å²) in [5.41, 5.74) is 0.675. The molecule has 134 valence electrons. The fourth-order valence-electron chi connectivity index (χ4n) is 2.92. The van der Waals surface area contributed by atoms with Crippen molar-refractivity contribution in [2.45, 2.75) is 31.8 Å². The van der Waals surface area contributed by atoms with Crippen LogP contribution in [0.2, 0.25) is 5.02 Å². The maximum Gasteiger partial charge on any atom is 0.329 e. The summed E-state index contributed by atoms with van der Waals surface area (Å²) < 4.78 is 1.83. The summed E-state index contributed by atoms with van der Waals surface area (Å²) in [5, 5.41) is 18.0. The molecule has 0 spiro atoms. The molecule has 0 saturated heterocycles. The van der Waals surface area contributed by atoms with E-state index in [1.807, 2.05) is 35.9 Å². The molecule has 1 aliphatic carbocycles. The number of amides is 1. The third-order valence-electron chi connectivity index (χ3n) is 4.62. The first kappa shape index (κ1) is 17.1. The van der Waals surface area contributed by atoms with E-state index in [0.29, 0.717) is 29.3 Å². The normalized spacial score (nSPS) is 15.2. The number of carboxylic acid groups (broad SMARTS) is 1. The number of thiophene rings is 1.